The quantitative estimate of drug-likeness (QED) is 0.943. The molecule has 5 nitrogen and oxygen atoms in total. The molecule has 2 heterocycles. The number of anilines is 1. The van der Waals surface area contributed by atoms with Crippen molar-refractivity contribution < 1.29 is 14.3 Å². The van der Waals surface area contributed by atoms with Crippen molar-refractivity contribution in [2.75, 3.05) is 18.5 Å². The smallest absolute Gasteiger partial charge is 0.230 e. The summed E-state index contributed by atoms with van der Waals surface area (Å²) in [5.41, 5.74) is 0.892. The van der Waals surface area contributed by atoms with Gasteiger partial charge in [0.15, 0.2) is 16.6 Å². The molecule has 1 aliphatic rings. The Morgan fingerprint density at radius 3 is 2.95 bits per heavy atom. The van der Waals surface area contributed by atoms with Crippen LogP contribution in [0.5, 0.6) is 11.5 Å². The van der Waals surface area contributed by atoms with Crippen molar-refractivity contribution in [3.05, 3.63) is 35.3 Å². The minimum absolute atomic E-state index is 0.0885. The molecule has 0 aliphatic carbocycles. The summed E-state index contributed by atoms with van der Waals surface area (Å²) in [7, 11) is 0. The van der Waals surface area contributed by atoms with E-state index < -0.39 is 0 Å². The first kappa shape index (κ1) is 12.9. The Bertz CT molecular complexity index is 598. The zero-order valence-electron chi connectivity index (χ0n) is 10.8. The molecular formula is C14H14N2O3S. The molecule has 0 spiro atoms. The first-order chi connectivity index (χ1) is 9.81. The lowest BCUT2D eigenvalue weighted by Gasteiger charge is -2.09. The Kier molecular flexibility index (Phi) is 3.83. The van der Waals surface area contributed by atoms with Crippen molar-refractivity contribution in [2.45, 2.75) is 12.8 Å². The number of carbonyl (C=O) groups excluding carboxylic acids is 1. The molecule has 3 rings (SSSR count). The number of carbonyl (C=O) groups is 1. The van der Waals surface area contributed by atoms with Gasteiger partial charge in [-0.2, -0.15) is 0 Å². The summed E-state index contributed by atoms with van der Waals surface area (Å²) in [5, 5.41) is 5.20. The summed E-state index contributed by atoms with van der Waals surface area (Å²) in [5.74, 6) is 1.36. The molecule has 1 N–H and O–H groups in total. The monoisotopic (exact) mass is 290 g/mol. The van der Waals surface area contributed by atoms with Gasteiger partial charge in [-0.15, -0.1) is 11.3 Å². The SMILES string of the molecule is O=C(Cc1ccc2c(c1)OCCCO2)Nc1nccs1. The van der Waals surface area contributed by atoms with Gasteiger partial charge in [0.2, 0.25) is 5.91 Å². The van der Waals surface area contributed by atoms with Gasteiger partial charge in [0.25, 0.3) is 0 Å². The van der Waals surface area contributed by atoms with Crippen LogP contribution in [0.4, 0.5) is 5.13 Å². The third-order valence-electron chi connectivity index (χ3n) is 2.86. The Morgan fingerprint density at radius 2 is 2.15 bits per heavy atom. The highest BCUT2D eigenvalue weighted by molar-refractivity contribution is 7.13. The molecule has 20 heavy (non-hydrogen) atoms. The average Bonchev–Trinajstić information content (AvgIpc) is 2.82. The number of nitrogens with one attached hydrogen (secondary N) is 1. The van der Waals surface area contributed by atoms with Crippen LogP contribution >= 0.6 is 11.3 Å². The number of thiazole rings is 1. The van der Waals surface area contributed by atoms with Gasteiger partial charge >= 0.3 is 0 Å². The number of benzene rings is 1. The normalized spacial score (nSPS) is 13.6. The molecule has 1 aliphatic heterocycles. The molecule has 0 saturated heterocycles. The lowest BCUT2D eigenvalue weighted by Crippen LogP contribution is -2.14. The van der Waals surface area contributed by atoms with E-state index in [0.29, 0.717) is 24.1 Å². The van der Waals surface area contributed by atoms with Crippen molar-refractivity contribution in [3.63, 3.8) is 0 Å². The predicted molar refractivity (Wildman–Crippen MR) is 76.5 cm³/mol. The van der Waals surface area contributed by atoms with Crippen molar-refractivity contribution >= 4 is 22.4 Å². The standard InChI is InChI=1S/C14H14N2O3S/c17-13(16-14-15-4-7-20-14)9-10-2-3-11-12(8-10)19-6-1-5-18-11/h2-4,7-8H,1,5-6,9H2,(H,15,16,17). The number of hydrogen-bond donors (Lipinski definition) is 1. The first-order valence-electron chi connectivity index (χ1n) is 6.39. The first-order valence-corrected chi connectivity index (χ1v) is 7.27. The summed E-state index contributed by atoms with van der Waals surface area (Å²) in [4.78, 5) is 15.9. The second-order valence-corrected chi connectivity index (χ2v) is 5.29. The predicted octanol–water partition coefficient (Wildman–Crippen LogP) is 2.49. The number of amides is 1. The van der Waals surface area contributed by atoms with E-state index >= 15 is 0 Å². The second-order valence-electron chi connectivity index (χ2n) is 4.39. The molecular weight excluding hydrogens is 276 g/mol. The van der Waals surface area contributed by atoms with Crippen LogP contribution in [0, 0.1) is 0 Å². The molecule has 1 aromatic carbocycles. The van der Waals surface area contributed by atoms with E-state index in [1.165, 1.54) is 11.3 Å². The largest absolute Gasteiger partial charge is 0.490 e. The molecule has 2 aromatic rings. The summed E-state index contributed by atoms with van der Waals surface area (Å²) >= 11 is 1.40. The van der Waals surface area contributed by atoms with Crippen LogP contribution in [-0.2, 0) is 11.2 Å². The molecule has 0 atom stereocenters. The maximum absolute atomic E-state index is 11.9. The van der Waals surface area contributed by atoms with E-state index in [1.54, 1.807) is 6.20 Å². The third kappa shape index (κ3) is 3.08. The fourth-order valence-corrected chi connectivity index (χ4v) is 2.50. The molecule has 1 aromatic heterocycles. The van der Waals surface area contributed by atoms with E-state index in [-0.39, 0.29) is 12.3 Å². The highest BCUT2D eigenvalue weighted by atomic mass is 32.1. The maximum atomic E-state index is 11.9. The molecule has 0 unspecified atom stereocenters. The average molecular weight is 290 g/mol. The molecule has 0 saturated carbocycles. The van der Waals surface area contributed by atoms with Crippen LogP contribution < -0.4 is 14.8 Å². The van der Waals surface area contributed by atoms with E-state index in [2.05, 4.69) is 10.3 Å². The Balaban J connectivity index is 1.68. The minimum Gasteiger partial charge on any atom is -0.490 e. The fraction of sp³-hybridized carbons (Fsp3) is 0.286. The Hall–Kier alpha value is -2.08. The summed E-state index contributed by atoms with van der Waals surface area (Å²) in [6.45, 7) is 1.30. The molecule has 0 fully saturated rings. The van der Waals surface area contributed by atoms with E-state index in [0.717, 1.165) is 17.7 Å². The van der Waals surface area contributed by atoms with E-state index in [9.17, 15) is 4.79 Å². The van der Waals surface area contributed by atoms with Crippen molar-refractivity contribution in [3.8, 4) is 11.5 Å². The second kappa shape index (κ2) is 5.92. The molecule has 0 radical (unpaired) electrons. The van der Waals surface area contributed by atoms with Crippen LogP contribution in [0.15, 0.2) is 29.8 Å². The van der Waals surface area contributed by atoms with Gasteiger partial charge in [-0.25, -0.2) is 4.98 Å². The zero-order chi connectivity index (χ0) is 13.8. The molecule has 104 valence electrons. The van der Waals surface area contributed by atoms with Crippen LogP contribution in [0.3, 0.4) is 0 Å². The van der Waals surface area contributed by atoms with Crippen LogP contribution in [-0.4, -0.2) is 24.1 Å². The van der Waals surface area contributed by atoms with Gasteiger partial charge in [0.05, 0.1) is 19.6 Å². The van der Waals surface area contributed by atoms with E-state index in [1.807, 2.05) is 23.6 Å². The van der Waals surface area contributed by atoms with Gasteiger partial charge < -0.3 is 14.8 Å². The highest BCUT2D eigenvalue weighted by Gasteiger charge is 2.12. The molecule has 0 bridgehead atoms. The van der Waals surface area contributed by atoms with Crippen molar-refractivity contribution in [1.82, 2.24) is 4.98 Å². The Morgan fingerprint density at radius 1 is 1.30 bits per heavy atom. The van der Waals surface area contributed by atoms with E-state index in [4.69, 9.17) is 9.47 Å². The summed E-state index contributed by atoms with van der Waals surface area (Å²) in [6.07, 6.45) is 2.82. The number of ether oxygens (including phenoxy) is 2. The topological polar surface area (TPSA) is 60.5 Å². The number of aromatic nitrogens is 1. The van der Waals surface area contributed by atoms with Crippen LogP contribution in [0.1, 0.15) is 12.0 Å². The fourth-order valence-electron chi connectivity index (χ4n) is 1.95. The van der Waals surface area contributed by atoms with Crippen LogP contribution in [0.25, 0.3) is 0 Å². The number of hydrogen-bond acceptors (Lipinski definition) is 5. The third-order valence-corrected chi connectivity index (χ3v) is 3.54. The van der Waals surface area contributed by atoms with Crippen molar-refractivity contribution in [2.24, 2.45) is 0 Å². The Labute approximate surface area is 120 Å². The number of nitrogens with zero attached hydrogens (tertiary/aromatic N) is 1. The number of fused-ring (bicyclic) bond motifs is 1. The number of rotatable bonds is 3. The minimum atomic E-state index is -0.0885. The summed E-state index contributed by atoms with van der Waals surface area (Å²) in [6, 6.07) is 5.60. The van der Waals surface area contributed by atoms with Gasteiger partial charge in [-0.1, -0.05) is 6.07 Å². The molecule has 1 amide bonds. The lowest BCUT2D eigenvalue weighted by atomic mass is 10.1. The lowest BCUT2D eigenvalue weighted by molar-refractivity contribution is -0.115. The van der Waals surface area contributed by atoms with Gasteiger partial charge in [0.1, 0.15) is 0 Å². The van der Waals surface area contributed by atoms with Gasteiger partial charge in [0, 0.05) is 18.0 Å². The molecule has 6 heteroatoms. The van der Waals surface area contributed by atoms with Crippen molar-refractivity contribution in [1.29, 1.82) is 0 Å². The maximum Gasteiger partial charge on any atom is 0.230 e. The van der Waals surface area contributed by atoms with Gasteiger partial charge in [-0.05, 0) is 17.7 Å². The highest BCUT2D eigenvalue weighted by Crippen LogP contribution is 2.30. The van der Waals surface area contributed by atoms with Gasteiger partial charge in [-0.3, -0.25) is 4.79 Å². The van der Waals surface area contributed by atoms with Crippen LogP contribution in [0.2, 0.25) is 0 Å². The summed E-state index contributed by atoms with van der Waals surface area (Å²) < 4.78 is 11.2. The zero-order valence-corrected chi connectivity index (χ0v) is 11.6.